The van der Waals surface area contributed by atoms with Gasteiger partial charge in [-0.1, -0.05) is 37.1 Å². The molecule has 0 unspecified atom stereocenters. The van der Waals surface area contributed by atoms with Gasteiger partial charge in [0, 0.05) is 11.6 Å². The molecule has 13 heavy (non-hydrogen) atoms. The molecule has 0 fully saturated rings. The Kier molecular flexibility index (Phi) is 4.26. The number of hydrogen-bond donors (Lipinski definition) is 1. The van der Waals surface area contributed by atoms with E-state index in [2.05, 4.69) is 24.4 Å². The molecule has 1 aromatic rings. The molecule has 1 rings (SSSR count). The van der Waals surface area contributed by atoms with Crippen LogP contribution in [0.1, 0.15) is 24.5 Å². The van der Waals surface area contributed by atoms with Crippen molar-refractivity contribution in [3.05, 3.63) is 34.3 Å². The van der Waals surface area contributed by atoms with Crippen molar-refractivity contribution >= 4 is 11.6 Å². The van der Waals surface area contributed by atoms with Crippen LogP contribution < -0.4 is 5.32 Å². The van der Waals surface area contributed by atoms with E-state index >= 15 is 0 Å². The second-order valence-electron chi connectivity index (χ2n) is 3.21. The predicted molar refractivity (Wildman–Crippen MR) is 58.2 cm³/mol. The lowest BCUT2D eigenvalue weighted by atomic mass is 10.1. The van der Waals surface area contributed by atoms with Gasteiger partial charge < -0.3 is 5.32 Å². The molecule has 2 heteroatoms. The Labute approximate surface area is 85.1 Å². The van der Waals surface area contributed by atoms with Crippen LogP contribution in [-0.4, -0.2) is 7.05 Å². The molecule has 0 saturated heterocycles. The van der Waals surface area contributed by atoms with E-state index in [0.717, 1.165) is 18.0 Å². The number of benzene rings is 1. The fourth-order valence-corrected chi connectivity index (χ4v) is 1.58. The highest BCUT2D eigenvalue weighted by Gasteiger charge is 2.00. The Balaban J connectivity index is 2.83. The Morgan fingerprint density at radius 2 is 2.15 bits per heavy atom. The van der Waals surface area contributed by atoms with E-state index in [4.69, 9.17) is 11.6 Å². The SMILES string of the molecule is CCCc1ccc(Cl)c(CNC)c1. The quantitative estimate of drug-likeness (QED) is 0.783. The molecule has 0 aliphatic carbocycles. The van der Waals surface area contributed by atoms with Crippen LogP contribution in [0.5, 0.6) is 0 Å². The van der Waals surface area contributed by atoms with Crippen LogP contribution in [0.2, 0.25) is 5.02 Å². The summed E-state index contributed by atoms with van der Waals surface area (Å²) in [6.45, 7) is 3.03. The summed E-state index contributed by atoms with van der Waals surface area (Å²) in [5.41, 5.74) is 2.56. The second kappa shape index (κ2) is 5.25. The molecule has 0 radical (unpaired) electrons. The van der Waals surface area contributed by atoms with Crippen molar-refractivity contribution < 1.29 is 0 Å². The van der Waals surface area contributed by atoms with Gasteiger partial charge in [-0.3, -0.25) is 0 Å². The summed E-state index contributed by atoms with van der Waals surface area (Å²) in [5.74, 6) is 0. The van der Waals surface area contributed by atoms with Gasteiger partial charge in [0.1, 0.15) is 0 Å². The van der Waals surface area contributed by atoms with Crippen molar-refractivity contribution in [2.45, 2.75) is 26.3 Å². The molecule has 0 atom stereocenters. The van der Waals surface area contributed by atoms with Crippen molar-refractivity contribution in [3.8, 4) is 0 Å². The van der Waals surface area contributed by atoms with E-state index < -0.39 is 0 Å². The average Bonchev–Trinajstić information content (AvgIpc) is 2.12. The molecule has 0 heterocycles. The lowest BCUT2D eigenvalue weighted by molar-refractivity contribution is 0.813. The molecule has 1 N–H and O–H groups in total. The zero-order valence-electron chi connectivity index (χ0n) is 8.23. The van der Waals surface area contributed by atoms with Crippen LogP contribution in [-0.2, 0) is 13.0 Å². The first-order valence-corrected chi connectivity index (χ1v) is 5.07. The van der Waals surface area contributed by atoms with Crippen LogP contribution in [0.3, 0.4) is 0 Å². The van der Waals surface area contributed by atoms with Gasteiger partial charge in [0.25, 0.3) is 0 Å². The van der Waals surface area contributed by atoms with Crippen LogP contribution >= 0.6 is 11.6 Å². The standard InChI is InChI=1S/C11H16ClN/c1-3-4-9-5-6-11(12)10(7-9)8-13-2/h5-7,13H,3-4,8H2,1-2H3. The van der Waals surface area contributed by atoms with Gasteiger partial charge >= 0.3 is 0 Å². The molecule has 1 nitrogen and oxygen atoms in total. The molecule has 0 spiro atoms. The zero-order valence-corrected chi connectivity index (χ0v) is 8.99. The van der Waals surface area contributed by atoms with E-state index in [0.29, 0.717) is 0 Å². The Hall–Kier alpha value is -0.530. The third-order valence-corrected chi connectivity index (χ3v) is 2.38. The topological polar surface area (TPSA) is 12.0 Å². The number of halogens is 1. The van der Waals surface area contributed by atoms with Gasteiger partial charge in [-0.2, -0.15) is 0 Å². The summed E-state index contributed by atoms with van der Waals surface area (Å²) in [5, 5.41) is 3.97. The highest BCUT2D eigenvalue weighted by molar-refractivity contribution is 6.31. The smallest absolute Gasteiger partial charge is 0.0451 e. The van der Waals surface area contributed by atoms with Gasteiger partial charge in [-0.15, -0.1) is 0 Å². The molecule has 72 valence electrons. The molecular weight excluding hydrogens is 182 g/mol. The minimum Gasteiger partial charge on any atom is -0.316 e. The molecule has 0 aromatic heterocycles. The van der Waals surface area contributed by atoms with Gasteiger partial charge in [0.05, 0.1) is 0 Å². The summed E-state index contributed by atoms with van der Waals surface area (Å²) in [6, 6.07) is 6.27. The normalized spacial score (nSPS) is 10.4. The predicted octanol–water partition coefficient (Wildman–Crippen LogP) is 3.01. The third kappa shape index (κ3) is 3.02. The fourth-order valence-electron chi connectivity index (χ4n) is 1.40. The summed E-state index contributed by atoms with van der Waals surface area (Å²) < 4.78 is 0. The van der Waals surface area contributed by atoms with Crippen LogP contribution in [0.4, 0.5) is 0 Å². The average molecular weight is 198 g/mol. The van der Waals surface area contributed by atoms with E-state index in [1.54, 1.807) is 0 Å². The monoisotopic (exact) mass is 197 g/mol. The molecular formula is C11H16ClN. The Bertz CT molecular complexity index is 271. The van der Waals surface area contributed by atoms with E-state index in [1.165, 1.54) is 17.5 Å². The van der Waals surface area contributed by atoms with Gasteiger partial charge in [0.2, 0.25) is 0 Å². The van der Waals surface area contributed by atoms with E-state index in [-0.39, 0.29) is 0 Å². The van der Waals surface area contributed by atoms with Crippen molar-refractivity contribution in [1.29, 1.82) is 0 Å². The summed E-state index contributed by atoms with van der Waals surface area (Å²) >= 11 is 6.04. The summed E-state index contributed by atoms with van der Waals surface area (Å²) in [4.78, 5) is 0. The zero-order chi connectivity index (χ0) is 9.68. The lowest BCUT2D eigenvalue weighted by Gasteiger charge is -2.06. The number of rotatable bonds is 4. The summed E-state index contributed by atoms with van der Waals surface area (Å²) in [6.07, 6.45) is 2.31. The number of aryl methyl sites for hydroxylation is 1. The third-order valence-electron chi connectivity index (χ3n) is 2.02. The summed E-state index contributed by atoms with van der Waals surface area (Å²) in [7, 11) is 1.93. The minimum absolute atomic E-state index is 0.844. The molecule has 0 aliphatic heterocycles. The van der Waals surface area contributed by atoms with Crippen molar-refractivity contribution in [2.75, 3.05) is 7.05 Å². The van der Waals surface area contributed by atoms with E-state index in [9.17, 15) is 0 Å². The van der Waals surface area contributed by atoms with Crippen molar-refractivity contribution in [3.63, 3.8) is 0 Å². The molecule has 0 saturated carbocycles. The molecule has 0 aliphatic rings. The lowest BCUT2D eigenvalue weighted by Crippen LogP contribution is -2.05. The Morgan fingerprint density at radius 1 is 1.38 bits per heavy atom. The highest BCUT2D eigenvalue weighted by Crippen LogP contribution is 2.18. The van der Waals surface area contributed by atoms with Crippen molar-refractivity contribution in [2.24, 2.45) is 0 Å². The van der Waals surface area contributed by atoms with Crippen molar-refractivity contribution in [1.82, 2.24) is 5.32 Å². The Morgan fingerprint density at radius 3 is 2.77 bits per heavy atom. The number of nitrogens with one attached hydrogen (secondary N) is 1. The first-order chi connectivity index (χ1) is 6.27. The first kappa shape index (κ1) is 10.6. The maximum absolute atomic E-state index is 6.04. The van der Waals surface area contributed by atoms with Crippen LogP contribution in [0.25, 0.3) is 0 Å². The van der Waals surface area contributed by atoms with E-state index in [1.807, 2.05) is 13.1 Å². The largest absolute Gasteiger partial charge is 0.316 e. The molecule has 0 bridgehead atoms. The second-order valence-corrected chi connectivity index (χ2v) is 3.61. The highest BCUT2D eigenvalue weighted by atomic mass is 35.5. The van der Waals surface area contributed by atoms with Gasteiger partial charge in [0.15, 0.2) is 0 Å². The number of hydrogen-bond acceptors (Lipinski definition) is 1. The van der Waals surface area contributed by atoms with Gasteiger partial charge in [-0.25, -0.2) is 0 Å². The van der Waals surface area contributed by atoms with Crippen LogP contribution in [0, 0.1) is 0 Å². The van der Waals surface area contributed by atoms with Gasteiger partial charge in [-0.05, 0) is 30.7 Å². The molecule has 1 aromatic carbocycles. The van der Waals surface area contributed by atoms with Crippen LogP contribution in [0.15, 0.2) is 18.2 Å². The minimum atomic E-state index is 0.844. The maximum Gasteiger partial charge on any atom is 0.0451 e. The first-order valence-electron chi connectivity index (χ1n) is 4.69. The fraction of sp³-hybridized carbons (Fsp3) is 0.455. The molecule has 0 amide bonds. The maximum atomic E-state index is 6.04.